The van der Waals surface area contributed by atoms with Crippen LogP contribution < -0.4 is 5.32 Å². The smallest absolute Gasteiger partial charge is 0.211 e. The first-order chi connectivity index (χ1) is 9.90. The molecule has 21 heavy (non-hydrogen) atoms. The Morgan fingerprint density at radius 3 is 2.81 bits per heavy atom. The highest BCUT2D eigenvalue weighted by atomic mass is 35.5. The molecule has 0 aromatic heterocycles. The van der Waals surface area contributed by atoms with E-state index in [2.05, 4.69) is 12.2 Å². The van der Waals surface area contributed by atoms with Crippen LogP contribution in [-0.4, -0.2) is 38.1 Å². The van der Waals surface area contributed by atoms with Gasteiger partial charge in [0.2, 0.25) is 10.0 Å². The van der Waals surface area contributed by atoms with E-state index in [1.165, 1.54) is 6.26 Å². The van der Waals surface area contributed by atoms with Crippen LogP contribution in [0, 0.1) is 5.92 Å². The summed E-state index contributed by atoms with van der Waals surface area (Å²) in [6.07, 6.45) is 3.12. The van der Waals surface area contributed by atoms with Gasteiger partial charge in [0, 0.05) is 30.7 Å². The highest BCUT2D eigenvalue weighted by Crippen LogP contribution is 2.22. The number of piperidine rings is 1. The molecule has 1 aromatic carbocycles. The summed E-state index contributed by atoms with van der Waals surface area (Å²) in [6.45, 7) is 4.09. The number of hydrogen-bond acceptors (Lipinski definition) is 3. The standard InChI is InChI=1S/C15H23ClN2O2S/c1-3-13-11-18(21(2,19)20)8-7-15(13)17-10-12-5-4-6-14(16)9-12/h4-6,9,13,15,17H,3,7-8,10-11H2,1-2H3/t13-,15-/m1/s1. The van der Waals surface area contributed by atoms with Crippen molar-refractivity contribution in [1.29, 1.82) is 0 Å². The van der Waals surface area contributed by atoms with Crippen LogP contribution in [0.2, 0.25) is 5.02 Å². The lowest BCUT2D eigenvalue weighted by Gasteiger charge is -2.37. The van der Waals surface area contributed by atoms with Crippen LogP contribution in [-0.2, 0) is 16.6 Å². The molecule has 0 aliphatic carbocycles. The highest BCUT2D eigenvalue weighted by Gasteiger charge is 2.31. The summed E-state index contributed by atoms with van der Waals surface area (Å²) < 4.78 is 24.9. The monoisotopic (exact) mass is 330 g/mol. The van der Waals surface area contributed by atoms with Crippen LogP contribution in [0.1, 0.15) is 25.3 Å². The average Bonchev–Trinajstić information content (AvgIpc) is 2.44. The molecule has 1 aliphatic heterocycles. The van der Waals surface area contributed by atoms with Gasteiger partial charge in [-0.2, -0.15) is 0 Å². The molecule has 0 saturated carbocycles. The molecule has 0 spiro atoms. The van der Waals surface area contributed by atoms with Crippen molar-refractivity contribution in [3.63, 3.8) is 0 Å². The van der Waals surface area contributed by atoms with Gasteiger partial charge in [-0.3, -0.25) is 0 Å². The van der Waals surface area contributed by atoms with Crippen molar-refractivity contribution in [3.05, 3.63) is 34.9 Å². The maximum Gasteiger partial charge on any atom is 0.211 e. The molecule has 6 heteroatoms. The van der Waals surface area contributed by atoms with Crippen molar-refractivity contribution < 1.29 is 8.42 Å². The lowest BCUT2D eigenvalue weighted by molar-refractivity contribution is 0.202. The van der Waals surface area contributed by atoms with E-state index in [0.717, 1.165) is 30.0 Å². The van der Waals surface area contributed by atoms with E-state index in [1.807, 2.05) is 24.3 Å². The predicted octanol–water partition coefficient (Wildman–Crippen LogP) is 2.49. The van der Waals surface area contributed by atoms with Gasteiger partial charge in [-0.15, -0.1) is 0 Å². The molecular weight excluding hydrogens is 308 g/mol. The van der Waals surface area contributed by atoms with Gasteiger partial charge in [0.25, 0.3) is 0 Å². The molecule has 4 nitrogen and oxygen atoms in total. The molecule has 1 fully saturated rings. The second-order valence-corrected chi connectivity index (χ2v) is 8.11. The summed E-state index contributed by atoms with van der Waals surface area (Å²) in [5, 5.41) is 4.30. The quantitative estimate of drug-likeness (QED) is 0.902. The van der Waals surface area contributed by atoms with E-state index in [-0.39, 0.29) is 0 Å². The second-order valence-electron chi connectivity index (χ2n) is 5.70. The average molecular weight is 331 g/mol. The molecule has 2 atom stereocenters. The SMILES string of the molecule is CC[C@@H]1CN(S(C)(=O)=O)CC[C@H]1NCc1cccc(Cl)c1. The third kappa shape index (κ3) is 4.68. The molecule has 1 aromatic rings. The van der Waals surface area contributed by atoms with Crippen LogP contribution in [0.5, 0.6) is 0 Å². The van der Waals surface area contributed by atoms with Gasteiger partial charge in [0.15, 0.2) is 0 Å². The van der Waals surface area contributed by atoms with Crippen LogP contribution in [0.3, 0.4) is 0 Å². The van der Waals surface area contributed by atoms with Gasteiger partial charge in [0.1, 0.15) is 0 Å². The topological polar surface area (TPSA) is 49.4 Å². The van der Waals surface area contributed by atoms with Crippen molar-refractivity contribution >= 4 is 21.6 Å². The first-order valence-corrected chi connectivity index (χ1v) is 9.55. The maximum atomic E-state index is 11.7. The second kappa shape index (κ2) is 7.09. The number of halogens is 1. The summed E-state index contributed by atoms with van der Waals surface area (Å²) in [5.74, 6) is 0.354. The summed E-state index contributed by atoms with van der Waals surface area (Å²) >= 11 is 5.99. The Balaban J connectivity index is 1.95. The Labute approximate surface area is 132 Å². The van der Waals surface area contributed by atoms with Gasteiger partial charge in [0.05, 0.1) is 6.26 Å². The normalized spacial score (nSPS) is 24.1. The van der Waals surface area contributed by atoms with Crippen molar-refractivity contribution in [3.8, 4) is 0 Å². The first-order valence-electron chi connectivity index (χ1n) is 7.33. The Kier molecular flexibility index (Phi) is 5.66. The van der Waals surface area contributed by atoms with E-state index < -0.39 is 10.0 Å². The Bertz CT molecular complexity index is 577. The number of sulfonamides is 1. The number of hydrogen-bond donors (Lipinski definition) is 1. The van der Waals surface area contributed by atoms with Gasteiger partial charge in [-0.05, 0) is 30.0 Å². The minimum Gasteiger partial charge on any atom is -0.310 e. The molecule has 1 aliphatic rings. The fraction of sp³-hybridized carbons (Fsp3) is 0.600. The number of nitrogens with zero attached hydrogens (tertiary/aromatic N) is 1. The molecule has 0 amide bonds. The van der Waals surface area contributed by atoms with E-state index in [1.54, 1.807) is 4.31 Å². The molecule has 0 radical (unpaired) electrons. The molecule has 2 rings (SSSR count). The zero-order valence-corrected chi connectivity index (χ0v) is 14.1. The van der Waals surface area contributed by atoms with Gasteiger partial charge < -0.3 is 5.32 Å². The third-order valence-electron chi connectivity index (χ3n) is 4.15. The summed E-state index contributed by atoms with van der Waals surface area (Å²) in [5.41, 5.74) is 1.16. The van der Waals surface area contributed by atoms with Crippen LogP contribution in [0.15, 0.2) is 24.3 Å². The van der Waals surface area contributed by atoms with Crippen LogP contribution in [0.4, 0.5) is 0 Å². The van der Waals surface area contributed by atoms with Crippen molar-refractivity contribution in [1.82, 2.24) is 9.62 Å². The van der Waals surface area contributed by atoms with Crippen molar-refractivity contribution in [2.24, 2.45) is 5.92 Å². The largest absolute Gasteiger partial charge is 0.310 e. The molecule has 1 heterocycles. The highest BCUT2D eigenvalue weighted by molar-refractivity contribution is 7.88. The maximum absolute atomic E-state index is 11.7. The minimum absolute atomic E-state index is 0.354. The zero-order valence-electron chi connectivity index (χ0n) is 12.5. The van der Waals surface area contributed by atoms with E-state index in [9.17, 15) is 8.42 Å². The molecule has 1 saturated heterocycles. The zero-order chi connectivity index (χ0) is 15.5. The summed E-state index contributed by atoms with van der Waals surface area (Å²) in [4.78, 5) is 0. The van der Waals surface area contributed by atoms with Gasteiger partial charge in [-0.1, -0.05) is 37.1 Å². The number of rotatable bonds is 5. The number of nitrogens with one attached hydrogen (secondary N) is 1. The van der Waals surface area contributed by atoms with E-state index >= 15 is 0 Å². The minimum atomic E-state index is -3.08. The first kappa shape index (κ1) is 16.7. The van der Waals surface area contributed by atoms with Crippen molar-refractivity contribution in [2.75, 3.05) is 19.3 Å². The molecule has 0 unspecified atom stereocenters. The lowest BCUT2D eigenvalue weighted by atomic mass is 9.91. The van der Waals surface area contributed by atoms with E-state index in [0.29, 0.717) is 25.0 Å². The van der Waals surface area contributed by atoms with Crippen molar-refractivity contribution in [2.45, 2.75) is 32.4 Å². The lowest BCUT2D eigenvalue weighted by Crippen LogP contribution is -2.50. The third-order valence-corrected chi connectivity index (χ3v) is 5.65. The molecular formula is C15H23ClN2O2S. The fourth-order valence-corrected chi connectivity index (χ4v) is 3.99. The summed E-state index contributed by atoms with van der Waals surface area (Å²) in [6, 6.07) is 8.17. The van der Waals surface area contributed by atoms with Gasteiger partial charge >= 0.3 is 0 Å². The Morgan fingerprint density at radius 1 is 1.43 bits per heavy atom. The molecule has 118 valence electrons. The van der Waals surface area contributed by atoms with Crippen LogP contribution >= 0.6 is 11.6 Å². The summed E-state index contributed by atoms with van der Waals surface area (Å²) in [7, 11) is -3.08. The molecule has 1 N–H and O–H groups in total. The van der Waals surface area contributed by atoms with Crippen LogP contribution in [0.25, 0.3) is 0 Å². The Hall–Kier alpha value is -0.620. The number of benzene rings is 1. The van der Waals surface area contributed by atoms with Gasteiger partial charge in [-0.25, -0.2) is 12.7 Å². The van der Waals surface area contributed by atoms with E-state index in [4.69, 9.17) is 11.6 Å². The predicted molar refractivity (Wildman–Crippen MR) is 86.9 cm³/mol. The fourth-order valence-electron chi connectivity index (χ4n) is 2.88. The molecule has 0 bridgehead atoms. The Morgan fingerprint density at radius 2 is 2.19 bits per heavy atom.